The first-order chi connectivity index (χ1) is 48.9. The van der Waals surface area contributed by atoms with Gasteiger partial charge in [-0.25, -0.2) is 0 Å². The van der Waals surface area contributed by atoms with Crippen molar-refractivity contribution >= 4 is 131 Å². The van der Waals surface area contributed by atoms with Crippen LogP contribution in [-0.2, 0) is 21.7 Å². The van der Waals surface area contributed by atoms with E-state index in [0.29, 0.717) is 0 Å². The van der Waals surface area contributed by atoms with Crippen LogP contribution >= 0.6 is 0 Å². The molecule has 2 aliphatic rings. The van der Waals surface area contributed by atoms with Crippen LogP contribution in [0.1, 0.15) is 103 Å². The molecule has 20 rings (SSSR count). The molecule has 101 heavy (non-hydrogen) atoms. The molecule has 0 saturated carbocycles. The van der Waals surface area contributed by atoms with Crippen molar-refractivity contribution in [2.24, 2.45) is 0 Å². The van der Waals surface area contributed by atoms with E-state index < -0.39 is 0 Å². The molecule has 0 saturated heterocycles. The van der Waals surface area contributed by atoms with Crippen molar-refractivity contribution in [1.82, 2.24) is 9.13 Å². The van der Waals surface area contributed by atoms with Gasteiger partial charge < -0.3 is 9.13 Å². The SMILES string of the molecule is CC(C)(C)c1ccc2c(c1)c1cc(C(C)(C)C)cc3c1n2-c1cc(-c2ccc(-c4ccc(C(C)(C)c5ccccc5)cc4)cc2-c2ccc(C(C)(C)c4ccccc4)cc2)cc2c1B3c1cc3c4ccccc4c4ccccc4c3c3c4c5c6ccccc6c6ccccc6c5ccc4n-2c13. The quantitative estimate of drug-likeness (QED) is 0.111. The molecule has 0 spiro atoms. The summed E-state index contributed by atoms with van der Waals surface area (Å²) in [5.74, 6) is 0. The van der Waals surface area contributed by atoms with Gasteiger partial charge in [-0.15, -0.1) is 0 Å². The van der Waals surface area contributed by atoms with Crippen LogP contribution in [0.5, 0.6) is 0 Å². The molecular weight excluding hydrogens is 1220 g/mol. The second-order valence-electron chi connectivity index (χ2n) is 32.3. The average Bonchev–Trinajstić information content (AvgIpc) is 1.53. The monoisotopic (exact) mass is 1290 g/mol. The van der Waals surface area contributed by atoms with Crippen LogP contribution in [0.4, 0.5) is 0 Å². The van der Waals surface area contributed by atoms with Gasteiger partial charge in [0.2, 0.25) is 0 Å². The van der Waals surface area contributed by atoms with Gasteiger partial charge >= 0.3 is 0 Å². The van der Waals surface area contributed by atoms with Crippen LogP contribution < -0.4 is 16.4 Å². The van der Waals surface area contributed by atoms with Crippen LogP contribution in [0.25, 0.3) is 153 Å². The number of benzene rings is 16. The standard InChI is InChI=1S/C98H77BN2/c1-95(2,3)66-46-49-84-79(54-66)81-55-67(96(4,5)6)56-82-93(81)100(84)86-52-61(68-47-41-60(58-37-42-64(43-38-58)97(7,8)62-25-13-11-14-26-62)51-78(68)59-39-44-65(45-40-59)98(9,10)63-27-15-12-16-28-63)53-87-92(86)99(82)83-57-80-74-34-20-18-30-70(74)72-32-22-24-36-76(72)89(80)91-90-85(101(87)94(83)91)50-48-77-73-33-19-17-29-69(73)71-31-21-23-35-75(71)88(77)90/h11-57H,1-10H3. The van der Waals surface area contributed by atoms with E-state index in [0.717, 1.165) is 0 Å². The van der Waals surface area contributed by atoms with Gasteiger partial charge in [-0.3, -0.25) is 0 Å². The summed E-state index contributed by atoms with van der Waals surface area (Å²) in [6, 6.07) is 110. The summed E-state index contributed by atoms with van der Waals surface area (Å²) < 4.78 is 5.47. The summed E-state index contributed by atoms with van der Waals surface area (Å²) in [6.45, 7) is 23.5. The van der Waals surface area contributed by atoms with Crippen molar-refractivity contribution in [3.63, 3.8) is 0 Å². The number of hydrogen-bond donors (Lipinski definition) is 0. The van der Waals surface area contributed by atoms with Gasteiger partial charge in [0.15, 0.2) is 0 Å². The maximum Gasteiger partial charge on any atom is 0.252 e. The van der Waals surface area contributed by atoms with Crippen LogP contribution in [0.2, 0.25) is 0 Å². The highest BCUT2D eigenvalue weighted by Crippen LogP contribution is 2.52. The molecule has 16 aromatic carbocycles. The minimum atomic E-state index is -0.212. The van der Waals surface area contributed by atoms with Crippen LogP contribution in [0.3, 0.4) is 0 Å². The Morgan fingerprint density at radius 3 is 1.20 bits per heavy atom. The molecular formula is C98H77BN2. The molecule has 2 aromatic heterocycles. The van der Waals surface area contributed by atoms with E-state index in [1.54, 1.807) is 0 Å². The lowest BCUT2D eigenvalue weighted by Crippen LogP contribution is -2.59. The van der Waals surface area contributed by atoms with Crippen molar-refractivity contribution < 1.29 is 0 Å². The third kappa shape index (κ3) is 8.53. The molecule has 0 bridgehead atoms. The lowest BCUT2D eigenvalue weighted by Gasteiger charge is -2.35. The summed E-state index contributed by atoms with van der Waals surface area (Å²) >= 11 is 0. The fourth-order valence-corrected chi connectivity index (χ4v) is 18.4. The molecule has 0 amide bonds. The molecule has 0 N–H and O–H groups in total. The first-order valence-corrected chi connectivity index (χ1v) is 36.3. The van der Waals surface area contributed by atoms with Crippen molar-refractivity contribution in [2.45, 2.75) is 90.9 Å². The van der Waals surface area contributed by atoms with Gasteiger partial charge in [-0.2, -0.15) is 0 Å². The molecule has 18 aromatic rings. The average molecular weight is 1290 g/mol. The molecule has 2 aliphatic heterocycles. The zero-order chi connectivity index (χ0) is 68.3. The van der Waals surface area contributed by atoms with Crippen molar-refractivity contribution in [2.75, 3.05) is 0 Å². The molecule has 0 fully saturated rings. The topological polar surface area (TPSA) is 9.86 Å². The summed E-state index contributed by atoms with van der Waals surface area (Å²) in [5, 5.41) is 20.7. The number of hydrogen-bond acceptors (Lipinski definition) is 0. The van der Waals surface area contributed by atoms with Crippen molar-refractivity contribution in [3.05, 3.63) is 318 Å². The molecule has 0 unspecified atom stereocenters. The minimum Gasteiger partial charge on any atom is -0.310 e. The van der Waals surface area contributed by atoms with Gasteiger partial charge in [0.05, 0.1) is 16.6 Å². The zero-order valence-electron chi connectivity index (χ0n) is 59.1. The lowest BCUT2D eigenvalue weighted by atomic mass is 9.34. The van der Waals surface area contributed by atoms with Crippen molar-refractivity contribution in [1.29, 1.82) is 0 Å². The van der Waals surface area contributed by atoms with E-state index >= 15 is 0 Å². The Bertz CT molecular complexity index is 6570. The van der Waals surface area contributed by atoms with E-state index in [4.69, 9.17) is 0 Å². The summed E-state index contributed by atoms with van der Waals surface area (Å²) in [6.07, 6.45) is 0. The van der Waals surface area contributed by atoms with Gasteiger partial charge in [0, 0.05) is 60.0 Å². The third-order valence-electron chi connectivity index (χ3n) is 24.0. The Morgan fingerprint density at radius 1 is 0.238 bits per heavy atom. The molecule has 0 radical (unpaired) electrons. The second-order valence-corrected chi connectivity index (χ2v) is 32.3. The van der Waals surface area contributed by atoms with E-state index in [2.05, 4.69) is 363 Å². The highest BCUT2D eigenvalue weighted by molar-refractivity contribution is 7.00. The predicted molar refractivity (Wildman–Crippen MR) is 436 cm³/mol. The number of nitrogens with zero attached hydrogens (tertiary/aromatic N) is 2. The highest BCUT2D eigenvalue weighted by atomic mass is 15.0. The van der Waals surface area contributed by atoms with E-state index in [9.17, 15) is 0 Å². The Labute approximate surface area is 590 Å². The third-order valence-corrected chi connectivity index (χ3v) is 24.0. The molecule has 482 valence electrons. The lowest BCUT2D eigenvalue weighted by molar-refractivity contribution is 0.590. The molecule has 4 heterocycles. The van der Waals surface area contributed by atoms with Gasteiger partial charge in [0.1, 0.15) is 0 Å². The minimum absolute atomic E-state index is 0.0637. The van der Waals surface area contributed by atoms with Gasteiger partial charge in [-0.05, 0) is 190 Å². The Balaban J connectivity index is 0.949. The fourth-order valence-electron chi connectivity index (χ4n) is 18.4. The normalized spacial score (nSPS) is 13.2. The maximum atomic E-state index is 2.76. The smallest absolute Gasteiger partial charge is 0.252 e. The Hall–Kier alpha value is -11.3. The Kier molecular flexibility index (Phi) is 12.5. The van der Waals surface area contributed by atoms with E-state index in [1.807, 2.05) is 0 Å². The number of aromatic nitrogens is 2. The molecule has 0 aliphatic carbocycles. The summed E-state index contributed by atoms with van der Waals surface area (Å²) in [7, 11) is 0. The van der Waals surface area contributed by atoms with Crippen LogP contribution in [-0.4, -0.2) is 15.8 Å². The van der Waals surface area contributed by atoms with E-state index in [1.165, 1.54) is 203 Å². The number of rotatable bonds is 7. The van der Waals surface area contributed by atoms with Gasteiger partial charge in [-0.1, -0.05) is 312 Å². The first kappa shape index (κ1) is 59.8. The first-order valence-electron chi connectivity index (χ1n) is 36.3. The summed E-state index contributed by atoms with van der Waals surface area (Å²) in [5.41, 5.74) is 25.9. The predicted octanol–water partition coefficient (Wildman–Crippen LogP) is 24.2. The van der Waals surface area contributed by atoms with Crippen LogP contribution in [0.15, 0.2) is 285 Å². The molecule has 3 heteroatoms. The highest BCUT2D eigenvalue weighted by Gasteiger charge is 2.44. The largest absolute Gasteiger partial charge is 0.310 e. The molecule has 2 nitrogen and oxygen atoms in total. The second kappa shape index (κ2) is 21.1. The van der Waals surface area contributed by atoms with Crippen molar-refractivity contribution in [3.8, 4) is 44.8 Å². The fraction of sp³-hybridized carbons (Fsp3) is 0.143. The molecule has 0 atom stereocenters. The van der Waals surface area contributed by atoms with Crippen LogP contribution in [0, 0.1) is 0 Å². The Morgan fingerprint density at radius 2 is 0.653 bits per heavy atom. The zero-order valence-corrected chi connectivity index (χ0v) is 59.1. The number of fused-ring (bicyclic) bond motifs is 24. The maximum absolute atomic E-state index is 2.76. The summed E-state index contributed by atoms with van der Waals surface area (Å²) in [4.78, 5) is 0. The van der Waals surface area contributed by atoms with E-state index in [-0.39, 0.29) is 28.4 Å². The van der Waals surface area contributed by atoms with Gasteiger partial charge in [0.25, 0.3) is 6.71 Å².